The Morgan fingerprint density at radius 2 is 1.87 bits per heavy atom. The minimum absolute atomic E-state index is 0.0221. The SMILES string of the molecule is O=C(CSc1ccccn1)NCCc1cccc2cccnc12. The fraction of sp³-hybridized carbons (Fsp3) is 0.167. The van der Waals surface area contributed by atoms with Crippen LogP contribution in [0, 0.1) is 0 Å². The Morgan fingerprint density at radius 1 is 1.00 bits per heavy atom. The Balaban J connectivity index is 1.50. The van der Waals surface area contributed by atoms with Crippen LogP contribution in [-0.2, 0) is 11.2 Å². The van der Waals surface area contributed by atoms with Gasteiger partial charge < -0.3 is 5.32 Å². The van der Waals surface area contributed by atoms with Gasteiger partial charge in [0.1, 0.15) is 0 Å². The minimum atomic E-state index is 0.0221. The van der Waals surface area contributed by atoms with E-state index in [1.54, 1.807) is 12.4 Å². The number of carbonyl (C=O) groups is 1. The molecule has 0 radical (unpaired) electrons. The van der Waals surface area contributed by atoms with Crippen molar-refractivity contribution in [3.63, 3.8) is 0 Å². The molecule has 0 aliphatic carbocycles. The monoisotopic (exact) mass is 323 g/mol. The third kappa shape index (κ3) is 4.29. The van der Waals surface area contributed by atoms with E-state index in [0.717, 1.165) is 27.9 Å². The summed E-state index contributed by atoms with van der Waals surface area (Å²) in [6.45, 7) is 0.608. The molecule has 1 aromatic carbocycles. The Bertz CT molecular complexity index is 787. The van der Waals surface area contributed by atoms with Crippen molar-refractivity contribution in [2.45, 2.75) is 11.4 Å². The second kappa shape index (κ2) is 7.74. The lowest BCUT2D eigenvalue weighted by molar-refractivity contribution is -0.118. The van der Waals surface area contributed by atoms with Crippen LogP contribution < -0.4 is 5.32 Å². The molecular formula is C18H17N3OS. The van der Waals surface area contributed by atoms with E-state index >= 15 is 0 Å². The van der Waals surface area contributed by atoms with Crippen LogP contribution in [0.4, 0.5) is 0 Å². The molecule has 0 aliphatic heterocycles. The Labute approximate surface area is 139 Å². The highest BCUT2D eigenvalue weighted by Crippen LogP contribution is 2.16. The third-order valence-electron chi connectivity index (χ3n) is 3.42. The molecule has 23 heavy (non-hydrogen) atoms. The van der Waals surface area contributed by atoms with Gasteiger partial charge >= 0.3 is 0 Å². The zero-order chi connectivity index (χ0) is 15.9. The number of pyridine rings is 2. The van der Waals surface area contributed by atoms with Crippen LogP contribution in [0.1, 0.15) is 5.56 Å². The first-order chi connectivity index (χ1) is 11.3. The maximum Gasteiger partial charge on any atom is 0.230 e. The van der Waals surface area contributed by atoms with Gasteiger partial charge in [-0.05, 0) is 30.2 Å². The van der Waals surface area contributed by atoms with Gasteiger partial charge in [0.2, 0.25) is 5.91 Å². The fourth-order valence-electron chi connectivity index (χ4n) is 2.33. The maximum absolute atomic E-state index is 11.9. The topological polar surface area (TPSA) is 54.9 Å². The summed E-state index contributed by atoms with van der Waals surface area (Å²) < 4.78 is 0. The Morgan fingerprint density at radius 3 is 2.74 bits per heavy atom. The van der Waals surface area contributed by atoms with Crippen molar-refractivity contribution in [3.8, 4) is 0 Å². The lowest BCUT2D eigenvalue weighted by Crippen LogP contribution is -2.27. The first-order valence-corrected chi connectivity index (χ1v) is 8.44. The van der Waals surface area contributed by atoms with Crippen LogP contribution in [-0.4, -0.2) is 28.2 Å². The molecule has 1 amide bonds. The lowest BCUT2D eigenvalue weighted by atomic mass is 10.1. The van der Waals surface area contributed by atoms with Gasteiger partial charge in [-0.1, -0.05) is 42.1 Å². The molecular weight excluding hydrogens is 306 g/mol. The molecule has 0 spiro atoms. The summed E-state index contributed by atoms with van der Waals surface area (Å²) in [7, 11) is 0. The molecule has 4 nitrogen and oxygen atoms in total. The standard InChI is InChI=1S/C18H17N3OS/c22-16(13-23-17-8-1-2-10-20-17)19-12-9-15-6-3-5-14-7-4-11-21-18(14)15/h1-8,10-11H,9,12-13H2,(H,19,22). The third-order valence-corrected chi connectivity index (χ3v) is 4.37. The van der Waals surface area contributed by atoms with Crippen LogP contribution in [0.15, 0.2) is 66.0 Å². The molecule has 0 unspecified atom stereocenters. The first kappa shape index (κ1) is 15.5. The first-order valence-electron chi connectivity index (χ1n) is 7.46. The van der Waals surface area contributed by atoms with E-state index in [9.17, 15) is 4.79 Å². The average Bonchev–Trinajstić information content (AvgIpc) is 2.61. The van der Waals surface area contributed by atoms with Gasteiger partial charge in [-0.3, -0.25) is 9.78 Å². The largest absolute Gasteiger partial charge is 0.355 e. The summed E-state index contributed by atoms with van der Waals surface area (Å²) in [6, 6.07) is 15.8. The number of rotatable bonds is 6. The Hall–Kier alpha value is -2.40. The molecule has 0 atom stereocenters. The molecule has 3 aromatic rings. The van der Waals surface area contributed by atoms with Crippen molar-refractivity contribution in [2.75, 3.05) is 12.3 Å². The molecule has 1 N–H and O–H groups in total. The molecule has 116 valence electrons. The predicted octanol–water partition coefficient (Wildman–Crippen LogP) is 3.08. The van der Waals surface area contributed by atoms with Gasteiger partial charge in [-0.2, -0.15) is 0 Å². The van der Waals surface area contributed by atoms with Crippen molar-refractivity contribution < 1.29 is 4.79 Å². The van der Waals surface area contributed by atoms with Crippen LogP contribution in [0.5, 0.6) is 0 Å². The number of para-hydroxylation sites is 1. The smallest absolute Gasteiger partial charge is 0.230 e. The highest BCUT2D eigenvalue weighted by atomic mass is 32.2. The summed E-state index contributed by atoms with van der Waals surface area (Å²) in [5, 5.41) is 4.94. The van der Waals surface area contributed by atoms with Crippen LogP contribution in [0.2, 0.25) is 0 Å². The quantitative estimate of drug-likeness (QED) is 0.708. The molecule has 0 fully saturated rings. The molecule has 2 aromatic heterocycles. The molecule has 3 rings (SSSR count). The summed E-state index contributed by atoms with van der Waals surface area (Å²) in [5.41, 5.74) is 2.16. The van der Waals surface area contributed by atoms with E-state index in [-0.39, 0.29) is 5.91 Å². The summed E-state index contributed by atoms with van der Waals surface area (Å²) in [5.74, 6) is 0.402. The van der Waals surface area contributed by atoms with Crippen LogP contribution in [0.3, 0.4) is 0 Å². The van der Waals surface area contributed by atoms with Gasteiger partial charge in [0.05, 0.1) is 16.3 Å². The molecule has 0 saturated carbocycles. The number of benzene rings is 1. The number of amides is 1. The summed E-state index contributed by atoms with van der Waals surface area (Å²) in [6.07, 6.45) is 4.30. The maximum atomic E-state index is 11.9. The molecule has 0 aliphatic rings. The number of hydrogen-bond acceptors (Lipinski definition) is 4. The van der Waals surface area contributed by atoms with Crippen molar-refractivity contribution in [1.82, 2.24) is 15.3 Å². The summed E-state index contributed by atoms with van der Waals surface area (Å²) in [4.78, 5) is 20.5. The zero-order valence-electron chi connectivity index (χ0n) is 12.6. The highest BCUT2D eigenvalue weighted by molar-refractivity contribution is 7.99. The van der Waals surface area contributed by atoms with Crippen LogP contribution in [0.25, 0.3) is 10.9 Å². The van der Waals surface area contributed by atoms with Crippen molar-refractivity contribution in [1.29, 1.82) is 0 Å². The summed E-state index contributed by atoms with van der Waals surface area (Å²) >= 11 is 1.44. The number of hydrogen-bond donors (Lipinski definition) is 1. The van der Waals surface area contributed by atoms with E-state index in [1.165, 1.54) is 11.8 Å². The van der Waals surface area contributed by atoms with Gasteiger partial charge in [0, 0.05) is 24.3 Å². The number of nitrogens with zero attached hydrogens (tertiary/aromatic N) is 2. The number of fused-ring (bicyclic) bond motifs is 1. The molecule has 2 heterocycles. The normalized spacial score (nSPS) is 10.6. The molecule has 0 saturated heterocycles. The minimum Gasteiger partial charge on any atom is -0.355 e. The van der Waals surface area contributed by atoms with E-state index in [0.29, 0.717) is 12.3 Å². The van der Waals surface area contributed by atoms with E-state index in [1.807, 2.05) is 42.5 Å². The highest BCUT2D eigenvalue weighted by Gasteiger charge is 2.05. The number of nitrogens with one attached hydrogen (secondary N) is 1. The molecule has 5 heteroatoms. The van der Waals surface area contributed by atoms with Gasteiger partial charge in [0.25, 0.3) is 0 Å². The number of aromatic nitrogens is 2. The van der Waals surface area contributed by atoms with Crippen molar-refractivity contribution in [2.24, 2.45) is 0 Å². The van der Waals surface area contributed by atoms with E-state index in [2.05, 4.69) is 21.4 Å². The fourth-order valence-corrected chi connectivity index (χ4v) is 3.02. The van der Waals surface area contributed by atoms with Gasteiger partial charge in [0.15, 0.2) is 0 Å². The number of carbonyl (C=O) groups excluding carboxylic acids is 1. The zero-order valence-corrected chi connectivity index (χ0v) is 13.4. The average molecular weight is 323 g/mol. The molecule has 0 bridgehead atoms. The predicted molar refractivity (Wildman–Crippen MR) is 93.4 cm³/mol. The second-order valence-electron chi connectivity index (χ2n) is 5.05. The van der Waals surface area contributed by atoms with E-state index in [4.69, 9.17) is 0 Å². The van der Waals surface area contributed by atoms with Crippen molar-refractivity contribution in [3.05, 3.63) is 66.5 Å². The number of thioether (sulfide) groups is 1. The lowest BCUT2D eigenvalue weighted by Gasteiger charge is -2.07. The van der Waals surface area contributed by atoms with Gasteiger partial charge in [-0.25, -0.2) is 4.98 Å². The Kier molecular flexibility index (Phi) is 5.21. The van der Waals surface area contributed by atoms with Crippen LogP contribution >= 0.6 is 11.8 Å². The van der Waals surface area contributed by atoms with E-state index < -0.39 is 0 Å². The van der Waals surface area contributed by atoms with Crippen molar-refractivity contribution >= 4 is 28.6 Å². The van der Waals surface area contributed by atoms with Gasteiger partial charge in [-0.15, -0.1) is 0 Å². The second-order valence-corrected chi connectivity index (χ2v) is 6.04.